The number of nitrogens with zero attached hydrogens (tertiary/aromatic N) is 5. The molecule has 58 heavy (non-hydrogen) atoms. The first-order valence-electron chi connectivity index (χ1n) is 21.2. The summed E-state index contributed by atoms with van der Waals surface area (Å²) in [4.78, 5) is 95.5. The largest absolute Gasteiger partial charge is 0.508 e. The molecule has 0 spiro atoms. The second-order valence-electron chi connectivity index (χ2n) is 17.7. The molecule has 3 aliphatic rings. The van der Waals surface area contributed by atoms with E-state index in [0.29, 0.717) is 70.6 Å². The maximum absolute atomic E-state index is 14.8. The van der Waals surface area contributed by atoms with Crippen molar-refractivity contribution in [2.24, 2.45) is 17.8 Å². The number of amides is 6. The fourth-order valence-corrected chi connectivity index (χ4v) is 8.35. The van der Waals surface area contributed by atoms with E-state index in [1.54, 1.807) is 26.2 Å². The number of hydrogen-bond donors (Lipinski definition) is 3. The van der Waals surface area contributed by atoms with E-state index in [0.717, 1.165) is 0 Å². The minimum absolute atomic E-state index is 0.00459. The van der Waals surface area contributed by atoms with Gasteiger partial charge in [0, 0.05) is 53.7 Å². The molecule has 0 aliphatic carbocycles. The molecule has 15 nitrogen and oxygen atoms in total. The van der Waals surface area contributed by atoms with Crippen molar-refractivity contribution in [3.63, 3.8) is 0 Å². The van der Waals surface area contributed by atoms with Gasteiger partial charge in [0.15, 0.2) is 0 Å². The molecule has 1 aromatic rings. The number of benzene rings is 1. The number of nitrogens with one attached hydrogen (secondary N) is 2. The molecule has 3 fully saturated rings. The Morgan fingerprint density at radius 1 is 0.655 bits per heavy atom. The highest BCUT2D eigenvalue weighted by Crippen LogP contribution is 2.25. The van der Waals surface area contributed by atoms with Crippen LogP contribution >= 0.6 is 0 Å². The van der Waals surface area contributed by atoms with Gasteiger partial charge in [-0.3, -0.25) is 33.7 Å². The Morgan fingerprint density at radius 3 is 1.74 bits per heavy atom. The Hall–Kier alpha value is -4.24. The van der Waals surface area contributed by atoms with Crippen molar-refractivity contribution in [2.45, 2.75) is 123 Å². The summed E-state index contributed by atoms with van der Waals surface area (Å²) in [5.74, 6) is -2.67. The predicted molar refractivity (Wildman–Crippen MR) is 220 cm³/mol. The number of fused-ring (bicyclic) bond motifs is 1. The van der Waals surface area contributed by atoms with E-state index in [2.05, 4.69) is 15.5 Å². The van der Waals surface area contributed by atoms with Crippen LogP contribution in [0.5, 0.6) is 5.75 Å². The monoisotopic (exact) mass is 812 g/mol. The van der Waals surface area contributed by atoms with Gasteiger partial charge < -0.3 is 40.1 Å². The smallest absolute Gasteiger partial charge is 0.245 e. The molecule has 15 heteroatoms. The molecule has 324 valence electrons. The van der Waals surface area contributed by atoms with Gasteiger partial charge in [-0.2, -0.15) is 0 Å². The number of hydrogen-bond acceptors (Lipinski definition) is 9. The number of carbonyl (C=O) groups is 6. The summed E-state index contributed by atoms with van der Waals surface area (Å²) in [6.07, 6.45) is 2.17. The number of phenolic OH excluding ortho intramolecular Hbond substituents is 1. The number of morpholine rings is 1. The molecule has 4 rings (SSSR count). The number of aromatic hydroxyl groups is 1. The van der Waals surface area contributed by atoms with Gasteiger partial charge in [0.2, 0.25) is 35.4 Å². The fraction of sp³-hybridized carbons (Fsp3) is 0.721. The van der Waals surface area contributed by atoms with E-state index >= 15 is 0 Å². The van der Waals surface area contributed by atoms with Crippen LogP contribution in [-0.4, -0.2) is 162 Å². The molecule has 3 heterocycles. The summed E-state index contributed by atoms with van der Waals surface area (Å²) in [5.41, 5.74) is 0.677. The minimum atomic E-state index is -1.08. The minimum Gasteiger partial charge on any atom is -0.508 e. The van der Waals surface area contributed by atoms with E-state index < -0.39 is 65.8 Å². The lowest BCUT2D eigenvalue weighted by atomic mass is 9.96. The predicted octanol–water partition coefficient (Wildman–Crippen LogP) is 2.25. The lowest BCUT2D eigenvalue weighted by molar-refractivity contribution is -0.152. The van der Waals surface area contributed by atoms with Gasteiger partial charge in [0.05, 0.1) is 13.2 Å². The van der Waals surface area contributed by atoms with Crippen LogP contribution in [0.3, 0.4) is 0 Å². The van der Waals surface area contributed by atoms with Crippen molar-refractivity contribution in [1.82, 2.24) is 35.1 Å². The molecule has 0 saturated carbocycles. The zero-order chi connectivity index (χ0) is 42.8. The third-order valence-corrected chi connectivity index (χ3v) is 11.7. The highest BCUT2D eigenvalue weighted by Gasteiger charge is 2.44. The zero-order valence-electron chi connectivity index (χ0n) is 36.2. The Labute approximate surface area is 345 Å². The first-order chi connectivity index (χ1) is 27.4. The molecule has 0 bridgehead atoms. The van der Waals surface area contributed by atoms with Crippen molar-refractivity contribution < 1.29 is 38.6 Å². The van der Waals surface area contributed by atoms with E-state index in [1.165, 1.54) is 38.8 Å². The van der Waals surface area contributed by atoms with Crippen molar-refractivity contribution in [3.05, 3.63) is 29.8 Å². The first-order valence-corrected chi connectivity index (χ1v) is 21.2. The molecule has 3 aliphatic heterocycles. The quantitative estimate of drug-likeness (QED) is 0.303. The molecule has 0 unspecified atom stereocenters. The highest BCUT2D eigenvalue weighted by molar-refractivity contribution is 5.98. The van der Waals surface area contributed by atoms with Gasteiger partial charge >= 0.3 is 0 Å². The van der Waals surface area contributed by atoms with E-state index in [-0.39, 0.29) is 48.7 Å². The third-order valence-electron chi connectivity index (χ3n) is 11.7. The van der Waals surface area contributed by atoms with Crippen molar-refractivity contribution in [1.29, 1.82) is 0 Å². The van der Waals surface area contributed by atoms with Crippen LogP contribution in [-0.2, 0) is 39.9 Å². The molecule has 6 amide bonds. The molecular weight excluding hydrogens is 743 g/mol. The number of rotatable bonds is 11. The van der Waals surface area contributed by atoms with E-state index in [1.807, 2.05) is 41.5 Å². The molecular formula is C43H69N7O8. The molecule has 6 atom stereocenters. The first kappa shape index (κ1) is 46.4. The summed E-state index contributed by atoms with van der Waals surface area (Å²) in [5, 5.41) is 16.0. The lowest BCUT2D eigenvalue weighted by Crippen LogP contribution is -2.62. The number of phenols is 1. The summed E-state index contributed by atoms with van der Waals surface area (Å²) in [6.45, 7) is 15.0. The Morgan fingerprint density at radius 2 is 1.17 bits per heavy atom. The molecule has 0 aromatic heterocycles. The standard InChI is InChI=1S/C43H69N7O8/c1-27(2)23-32-40(54)48(9)37(25-29(5)6)43(57)46(7)34(16-18-49-19-21-58-22-20-49)38(52)45-33(24-28(3)4)41(55)50-17-10-11-35(50)42(56)47(8)36(39(53)44-32)26-30-12-14-31(51)15-13-30/h12-15,27-29,32-37,51H,10-11,16-26H2,1-9H3,(H,44,53)(H,45,52)/t32-,33-,34-,35+,36-,37+/m0/s1. The summed E-state index contributed by atoms with van der Waals surface area (Å²) in [7, 11) is 4.69. The van der Waals surface area contributed by atoms with Crippen LogP contribution in [0.2, 0.25) is 0 Å². The van der Waals surface area contributed by atoms with Crippen LogP contribution in [0.25, 0.3) is 0 Å². The van der Waals surface area contributed by atoms with E-state index in [4.69, 9.17) is 4.74 Å². The Balaban J connectivity index is 1.84. The average Bonchev–Trinajstić information content (AvgIpc) is 3.67. The third kappa shape index (κ3) is 12.2. The Bertz CT molecular complexity index is 1580. The van der Waals surface area contributed by atoms with Crippen LogP contribution in [0.1, 0.15) is 85.6 Å². The fourth-order valence-electron chi connectivity index (χ4n) is 8.35. The molecule has 0 radical (unpaired) electrons. The molecule has 3 saturated heterocycles. The lowest BCUT2D eigenvalue weighted by Gasteiger charge is -2.39. The van der Waals surface area contributed by atoms with Crippen LogP contribution in [0.4, 0.5) is 0 Å². The van der Waals surface area contributed by atoms with E-state index in [9.17, 15) is 33.9 Å². The maximum Gasteiger partial charge on any atom is 0.245 e. The number of ether oxygens (including phenoxy) is 1. The SMILES string of the molecule is CC(C)C[C@@H]1NC(=O)[C@H](Cc2ccc(O)cc2)N(C)C(=O)[C@H]2CCCN2C(=O)[C@H](CC(C)C)NC(=O)[C@H](CCN2CCOCC2)N(C)C(=O)[C@@H](CC(C)C)N(C)C1=O. The van der Waals surface area contributed by atoms with Gasteiger partial charge in [0.1, 0.15) is 42.0 Å². The Kier molecular flexibility index (Phi) is 16.9. The van der Waals surface area contributed by atoms with Gasteiger partial charge in [-0.1, -0.05) is 53.7 Å². The van der Waals surface area contributed by atoms with Crippen LogP contribution in [0, 0.1) is 17.8 Å². The molecule has 1 aromatic carbocycles. The van der Waals surface area contributed by atoms with Gasteiger partial charge in [-0.25, -0.2) is 0 Å². The van der Waals surface area contributed by atoms with Gasteiger partial charge in [-0.05, 0) is 74.0 Å². The molecule has 3 N–H and O–H groups in total. The van der Waals surface area contributed by atoms with Gasteiger partial charge in [-0.15, -0.1) is 0 Å². The highest BCUT2D eigenvalue weighted by atomic mass is 16.5. The summed E-state index contributed by atoms with van der Waals surface area (Å²) >= 11 is 0. The summed E-state index contributed by atoms with van der Waals surface area (Å²) in [6, 6.07) is 0.470. The second kappa shape index (κ2) is 21.1. The van der Waals surface area contributed by atoms with Gasteiger partial charge in [0.25, 0.3) is 0 Å². The maximum atomic E-state index is 14.8. The normalized spacial score (nSPS) is 26.7. The number of likely N-dealkylation sites (N-methyl/N-ethyl adjacent to an activating group) is 3. The summed E-state index contributed by atoms with van der Waals surface area (Å²) < 4.78 is 5.53. The zero-order valence-corrected chi connectivity index (χ0v) is 36.2. The van der Waals surface area contributed by atoms with Crippen molar-refractivity contribution in [3.8, 4) is 5.75 Å². The van der Waals surface area contributed by atoms with Crippen LogP contribution < -0.4 is 10.6 Å². The second-order valence-corrected chi connectivity index (χ2v) is 17.7. The van der Waals surface area contributed by atoms with Crippen molar-refractivity contribution >= 4 is 35.4 Å². The average molecular weight is 812 g/mol. The topological polar surface area (TPSA) is 172 Å². The number of carbonyl (C=O) groups excluding carboxylic acids is 6. The van der Waals surface area contributed by atoms with Crippen molar-refractivity contribution in [2.75, 3.05) is 60.5 Å². The van der Waals surface area contributed by atoms with Crippen LogP contribution in [0.15, 0.2) is 24.3 Å².